The standard InChI is InChI=1S/C7H9ClN4O4S/c1-2-15-6(14)4-16-5(13)3-12-7(17-8)9-10-11-12/h2-4H2,1H3. The van der Waals surface area contributed by atoms with E-state index in [4.69, 9.17) is 10.7 Å². The van der Waals surface area contributed by atoms with Gasteiger partial charge in [0.05, 0.1) is 6.61 Å². The molecule has 0 amide bonds. The third kappa shape index (κ3) is 4.57. The van der Waals surface area contributed by atoms with E-state index in [9.17, 15) is 9.59 Å². The SMILES string of the molecule is CCOC(=O)COC(=O)Cn1nnnc1SCl. The van der Waals surface area contributed by atoms with Crippen LogP contribution in [-0.4, -0.2) is 45.4 Å². The minimum Gasteiger partial charge on any atom is -0.463 e. The van der Waals surface area contributed by atoms with Gasteiger partial charge in [0.15, 0.2) is 6.61 Å². The molecular weight excluding hydrogens is 272 g/mol. The van der Waals surface area contributed by atoms with Crippen LogP contribution in [0.2, 0.25) is 0 Å². The van der Waals surface area contributed by atoms with Crippen molar-refractivity contribution in [1.82, 2.24) is 20.2 Å². The quantitative estimate of drug-likeness (QED) is 0.673. The molecule has 0 atom stereocenters. The van der Waals surface area contributed by atoms with Crippen LogP contribution in [0.4, 0.5) is 0 Å². The van der Waals surface area contributed by atoms with Crippen molar-refractivity contribution in [3.8, 4) is 0 Å². The number of tetrazole rings is 1. The Balaban J connectivity index is 2.37. The Morgan fingerprint density at radius 3 is 2.82 bits per heavy atom. The van der Waals surface area contributed by atoms with Crippen molar-refractivity contribution < 1.29 is 19.1 Å². The second-order valence-electron chi connectivity index (χ2n) is 2.66. The second kappa shape index (κ2) is 7.07. The molecule has 1 aromatic heterocycles. The number of esters is 2. The summed E-state index contributed by atoms with van der Waals surface area (Å²) < 4.78 is 10.4. The van der Waals surface area contributed by atoms with Crippen LogP contribution in [-0.2, 0) is 25.6 Å². The minimum absolute atomic E-state index is 0.221. The summed E-state index contributed by atoms with van der Waals surface area (Å²) >= 11 is 0. The first-order valence-corrected chi connectivity index (χ1v) is 6.17. The van der Waals surface area contributed by atoms with Gasteiger partial charge in [-0.05, 0) is 28.0 Å². The fourth-order valence-electron chi connectivity index (χ4n) is 0.861. The van der Waals surface area contributed by atoms with Gasteiger partial charge < -0.3 is 9.47 Å². The molecule has 8 nitrogen and oxygen atoms in total. The molecule has 17 heavy (non-hydrogen) atoms. The monoisotopic (exact) mass is 280 g/mol. The van der Waals surface area contributed by atoms with Gasteiger partial charge >= 0.3 is 11.9 Å². The smallest absolute Gasteiger partial charge is 0.344 e. The van der Waals surface area contributed by atoms with Crippen LogP contribution < -0.4 is 0 Å². The number of halogens is 1. The predicted molar refractivity (Wildman–Crippen MR) is 57.1 cm³/mol. The summed E-state index contributed by atoms with van der Waals surface area (Å²) in [7, 11) is 6.23. The summed E-state index contributed by atoms with van der Waals surface area (Å²) in [5.41, 5.74) is 0. The Kier molecular flexibility index (Phi) is 5.70. The maximum absolute atomic E-state index is 11.3. The fourth-order valence-corrected chi connectivity index (χ4v) is 1.44. The molecule has 1 rings (SSSR count). The number of rotatable bonds is 6. The van der Waals surface area contributed by atoms with Crippen molar-refractivity contribution in [2.75, 3.05) is 13.2 Å². The first-order valence-electron chi connectivity index (χ1n) is 4.53. The lowest BCUT2D eigenvalue weighted by Crippen LogP contribution is -2.20. The molecule has 0 aliphatic rings. The van der Waals surface area contributed by atoms with Gasteiger partial charge in [-0.3, -0.25) is 4.79 Å². The largest absolute Gasteiger partial charge is 0.463 e. The number of carbonyl (C=O) groups is 2. The maximum atomic E-state index is 11.3. The van der Waals surface area contributed by atoms with Gasteiger partial charge in [0.25, 0.3) is 0 Å². The molecule has 0 radical (unpaired) electrons. The predicted octanol–water partition coefficient (Wildman–Crippen LogP) is 0.0253. The average molecular weight is 281 g/mol. The van der Waals surface area contributed by atoms with Crippen molar-refractivity contribution in [3.63, 3.8) is 0 Å². The zero-order valence-electron chi connectivity index (χ0n) is 8.83. The summed E-state index contributed by atoms with van der Waals surface area (Å²) in [5.74, 6) is -1.26. The third-order valence-corrected chi connectivity index (χ3v) is 2.35. The number of ether oxygens (including phenoxy) is 2. The lowest BCUT2D eigenvalue weighted by atomic mass is 10.6. The Labute approximate surface area is 105 Å². The molecule has 10 heteroatoms. The van der Waals surface area contributed by atoms with E-state index in [0.717, 1.165) is 15.7 Å². The van der Waals surface area contributed by atoms with Crippen LogP contribution in [0.15, 0.2) is 5.16 Å². The zero-order chi connectivity index (χ0) is 12.7. The van der Waals surface area contributed by atoms with Gasteiger partial charge in [-0.25, -0.2) is 9.48 Å². The Morgan fingerprint density at radius 1 is 1.41 bits per heavy atom. The van der Waals surface area contributed by atoms with Crippen molar-refractivity contribution in [2.45, 2.75) is 18.6 Å². The van der Waals surface area contributed by atoms with Crippen LogP contribution in [0.25, 0.3) is 0 Å². The van der Waals surface area contributed by atoms with Crippen LogP contribution in [0.3, 0.4) is 0 Å². The van der Waals surface area contributed by atoms with E-state index >= 15 is 0 Å². The van der Waals surface area contributed by atoms with E-state index in [1.54, 1.807) is 6.92 Å². The summed E-state index contributed by atoms with van der Waals surface area (Å²) in [6.07, 6.45) is 0. The zero-order valence-corrected chi connectivity index (χ0v) is 10.4. The van der Waals surface area contributed by atoms with E-state index in [2.05, 4.69) is 25.0 Å². The first kappa shape index (κ1) is 13.7. The van der Waals surface area contributed by atoms with Gasteiger partial charge in [0.1, 0.15) is 6.54 Å². The Morgan fingerprint density at radius 2 is 2.18 bits per heavy atom. The molecule has 0 saturated heterocycles. The molecule has 1 aromatic rings. The molecule has 0 aliphatic heterocycles. The Hall–Kier alpha value is -1.35. The van der Waals surface area contributed by atoms with E-state index in [-0.39, 0.29) is 18.3 Å². The Bertz CT molecular complexity index is 399. The van der Waals surface area contributed by atoms with Crippen molar-refractivity contribution >= 4 is 33.6 Å². The van der Waals surface area contributed by atoms with Gasteiger partial charge in [-0.15, -0.1) is 5.10 Å². The number of nitrogens with zero attached hydrogens (tertiary/aromatic N) is 4. The van der Waals surface area contributed by atoms with Gasteiger partial charge in [0.2, 0.25) is 5.16 Å². The molecular formula is C7H9ClN4O4S. The van der Waals surface area contributed by atoms with Crippen molar-refractivity contribution in [2.24, 2.45) is 0 Å². The van der Waals surface area contributed by atoms with E-state index in [1.807, 2.05) is 0 Å². The highest BCUT2D eigenvalue weighted by Crippen LogP contribution is 2.17. The number of carbonyl (C=O) groups excluding carboxylic acids is 2. The summed E-state index contributed by atoms with van der Waals surface area (Å²) in [5, 5.41) is 10.7. The fraction of sp³-hybridized carbons (Fsp3) is 0.571. The summed E-state index contributed by atoms with van der Waals surface area (Å²) in [6, 6.07) is 0. The van der Waals surface area contributed by atoms with Gasteiger partial charge in [-0.1, -0.05) is 0 Å². The van der Waals surface area contributed by atoms with Crippen LogP contribution >= 0.6 is 21.7 Å². The summed E-state index contributed by atoms with van der Waals surface area (Å²) in [6.45, 7) is 1.24. The summed E-state index contributed by atoms with van der Waals surface area (Å²) in [4.78, 5) is 22.2. The average Bonchev–Trinajstić information content (AvgIpc) is 2.74. The topological polar surface area (TPSA) is 96.2 Å². The lowest BCUT2D eigenvalue weighted by Gasteiger charge is -2.04. The van der Waals surface area contributed by atoms with Crippen LogP contribution in [0.1, 0.15) is 6.92 Å². The van der Waals surface area contributed by atoms with Crippen LogP contribution in [0, 0.1) is 0 Å². The number of hydrogen-bond donors (Lipinski definition) is 0. The molecule has 0 aliphatic carbocycles. The van der Waals surface area contributed by atoms with Crippen molar-refractivity contribution in [3.05, 3.63) is 0 Å². The molecule has 0 bridgehead atoms. The highest BCUT2D eigenvalue weighted by molar-refractivity contribution is 8.21. The van der Waals surface area contributed by atoms with E-state index < -0.39 is 18.5 Å². The molecule has 0 saturated carbocycles. The molecule has 1 heterocycles. The molecule has 0 spiro atoms. The molecule has 0 N–H and O–H groups in total. The van der Waals surface area contributed by atoms with Crippen molar-refractivity contribution in [1.29, 1.82) is 0 Å². The van der Waals surface area contributed by atoms with E-state index in [1.165, 1.54) is 0 Å². The first-order chi connectivity index (χ1) is 8.17. The maximum Gasteiger partial charge on any atom is 0.344 e. The molecule has 0 fully saturated rings. The van der Waals surface area contributed by atoms with Gasteiger partial charge in [0, 0.05) is 11.0 Å². The highest BCUT2D eigenvalue weighted by atomic mass is 35.7. The molecule has 0 unspecified atom stereocenters. The number of aromatic nitrogens is 4. The second-order valence-corrected chi connectivity index (χ2v) is 3.64. The molecule has 0 aromatic carbocycles. The van der Waals surface area contributed by atoms with E-state index in [0.29, 0.717) is 0 Å². The molecule has 94 valence electrons. The normalized spacial score (nSPS) is 10.0. The third-order valence-electron chi connectivity index (χ3n) is 1.50. The van der Waals surface area contributed by atoms with Crippen LogP contribution in [0.5, 0.6) is 0 Å². The number of hydrogen-bond acceptors (Lipinski definition) is 8. The van der Waals surface area contributed by atoms with Gasteiger partial charge in [-0.2, -0.15) is 0 Å². The minimum atomic E-state index is -0.655. The lowest BCUT2D eigenvalue weighted by molar-refractivity contribution is -0.159. The highest BCUT2D eigenvalue weighted by Gasteiger charge is 2.13.